The van der Waals surface area contributed by atoms with E-state index in [9.17, 15) is 9.90 Å². The van der Waals surface area contributed by atoms with Crippen LogP contribution in [0.5, 0.6) is 0 Å². The maximum atomic E-state index is 11.7. The SMILES string of the molecule is O=C(NCCc1ccccn1)C(O)N1CCCC1. The predicted molar refractivity (Wildman–Crippen MR) is 67.8 cm³/mol. The summed E-state index contributed by atoms with van der Waals surface area (Å²) >= 11 is 0. The molecule has 2 N–H and O–H groups in total. The number of hydrogen-bond acceptors (Lipinski definition) is 4. The third-order valence-corrected chi connectivity index (χ3v) is 3.13. The smallest absolute Gasteiger partial charge is 0.264 e. The Morgan fingerprint density at radius 2 is 2.22 bits per heavy atom. The molecule has 98 valence electrons. The van der Waals surface area contributed by atoms with Crippen LogP contribution in [0, 0.1) is 0 Å². The fraction of sp³-hybridized carbons (Fsp3) is 0.538. The van der Waals surface area contributed by atoms with Crippen molar-refractivity contribution < 1.29 is 9.90 Å². The first kappa shape index (κ1) is 13.0. The topological polar surface area (TPSA) is 65.5 Å². The summed E-state index contributed by atoms with van der Waals surface area (Å²) in [6.45, 7) is 2.10. The molecule has 0 aliphatic carbocycles. The second-order valence-electron chi connectivity index (χ2n) is 4.48. The quantitative estimate of drug-likeness (QED) is 0.780. The van der Waals surface area contributed by atoms with Gasteiger partial charge in [-0.05, 0) is 25.0 Å². The highest BCUT2D eigenvalue weighted by molar-refractivity contribution is 5.80. The average Bonchev–Trinajstić information content (AvgIpc) is 2.93. The van der Waals surface area contributed by atoms with E-state index in [2.05, 4.69) is 10.3 Å². The van der Waals surface area contributed by atoms with Crippen LogP contribution < -0.4 is 5.32 Å². The molecule has 1 atom stereocenters. The van der Waals surface area contributed by atoms with Crippen LogP contribution in [0.4, 0.5) is 0 Å². The molecule has 1 saturated heterocycles. The molecule has 1 aromatic heterocycles. The Labute approximate surface area is 107 Å². The maximum Gasteiger partial charge on any atom is 0.264 e. The van der Waals surface area contributed by atoms with Crippen molar-refractivity contribution in [3.8, 4) is 0 Å². The van der Waals surface area contributed by atoms with Gasteiger partial charge in [-0.25, -0.2) is 0 Å². The molecule has 5 nitrogen and oxygen atoms in total. The van der Waals surface area contributed by atoms with Gasteiger partial charge in [-0.15, -0.1) is 0 Å². The third-order valence-electron chi connectivity index (χ3n) is 3.13. The van der Waals surface area contributed by atoms with E-state index >= 15 is 0 Å². The second kappa shape index (κ2) is 6.47. The predicted octanol–water partition coefficient (Wildman–Crippen LogP) is 0.154. The number of aliphatic hydroxyl groups is 1. The Morgan fingerprint density at radius 3 is 2.89 bits per heavy atom. The van der Waals surface area contributed by atoms with Gasteiger partial charge < -0.3 is 10.4 Å². The zero-order valence-electron chi connectivity index (χ0n) is 10.4. The van der Waals surface area contributed by atoms with Crippen molar-refractivity contribution in [2.45, 2.75) is 25.5 Å². The Balaban J connectivity index is 1.71. The Bertz CT molecular complexity index is 377. The minimum Gasteiger partial charge on any atom is -0.370 e. The zero-order chi connectivity index (χ0) is 12.8. The summed E-state index contributed by atoms with van der Waals surface area (Å²) in [5.74, 6) is -0.312. The van der Waals surface area contributed by atoms with Gasteiger partial charge in [0.15, 0.2) is 6.23 Å². The van der Waals surface area contributed by atoms with E-state index in [0.717, 1.165) is 31.6 Å². The molecule has 2 heterocycles. The molecule has 5 heteroatoms. The summed E-state index contributed by atoms with van der Waals surface area (Å²) < 4.78 is 0. The largest absolute Gasteiger partial charge is 0.370 e. The molecule has 1 aliphatic rings. The molecule has 1 amide bonds. The van der Waals surface area contributed by atoms with Crippen LogP contribution >= 0.6 is 0 Å². The normalized spacial score (nSPS) is 17.6. The summed E-state index contributed by atoms with van der Waals surface area (Å²) in [7, 11) is 0. The van der Waals surface area contributed by atoms with Crippen LogP contribution in [0.3, 0.4) is 0 Å². The van der Waals surface area contributed by atoms with Crippen LogP contribution in [0.25, 0.3) is 0 Å². The summed E-state index contributed by atoms with van der Waals surface area (Å²) in [6, 6.07) is 5.70. The lowest BCUT2D eigenvalue weighted by Gasteiger charge is -2.21. The molecule has 1 aliphatic heterocycles. The Morgan fingerprint density at radius 1 is 1.44 bits per heavy atom. The zero-order valence-corrected chi connectivity index (χ0v) is 10.4. The van der Waals surface area contributed by atoms with Gasteiger partial charge in [0.25, 0.3) is 5.91 Å². The van der Waals surface area contributed by atoms with E-state index in [-0.39, 0.29) is 5.91 Å². The van der Waals surface area contributed by atoms with Crippen molar-refractivity contribution in [2.24, 2.45) is 0 Å². The summed E-state index contributed by atoms with van der Waals surface area (Å²) in [5, 5.41) is 12.6. The van der Waals surface area contributed by atoms with Crippen LogP contribution in [0.15, 0.2) is 24.4 Å². The molecule has 0 radical (unpaired) electrons. The van der Waals surface area contributed by atoms with Crippen molar-refractivity contribution in [2.75, 3.05) is 19.6 Å². The van der Waals surface area contributed by atoms with Crippen LogP contribution in [0.1, 0.15) is 18.5 Å². The summed E-state index contributed by atoms with van der Waals surface area (Å²) in [6.07, 6.45) is 3.52. The monoisotopic (exact) mass is 249 g/mol. The first-order valence-corrected chi connectivity index (χ1v) is 6.37. The standard InChI is InChI=1S/C13H19N3O2/c17-12(13(18)16-9-3-4-10-16)15-8-6-11-5-1-2-7-14-11/h1-2,5,7,13,18H,3-4,6,8-10H2,(H,15,17). The lowest BCUT2D eigenvalue weighted by molar-refractivity contribution is -0.138. The van der Waals surface area contributed by atoms with Gasteiger partial charge in [0.05, 0.1) is 0 Å². The number of pyridine rings is 1. The van der Waals surface area contributed by atoms with Gasteiger partial charge in [-0.3, -0.25) is 14.7 Å². The van der Waals surface area contributed by atoms with Crippen molar-refractivity contribution >= 4 is 5.91 Å². The van der Waals surface area contributed by atoms with Crippen LogP contribution in [-0.4, -0.2) is 46.8 Å². The third kappa shape index (κ3) is 3.51. The number of carbonyl (C=O) groups excluding carboxylic acids is 1. The number of likely N-dealkylation sites (tertiary alicyclic amines) is 1. The van der Waals surface area contributed by atoms with Gasteiger partial charge in [-0.1, -0.05) is 6.07 Å². The average molecular weight is 249 g/mol. The van der Waals surface area contributed by atoms with E-state index in [1.54, 1.807) is 11.1 Å². The fourth-order valence-electron chi connectivity index (χ4n) is 2.10. The molecule has 1 fully saturated rings. The fourth-order valence-corrected chi connectivity index (χ4v) is 2.10. The Hall–Kier alpha value is -1.46. The van der Waals surface area contributed by atoms with Crippen LogP contribution in [-0.2, 0) is 11.2 Å². The highest BCUT2D eigenvalue weighted by Gasteiger charge is 2.25. The number of aliphatic hydroxyl groups excluding tert-OH is 1. The number of aromatic nitrogens is 1. The molecule has 0 aromatic carbocycles. The number of amides is 1. The number of nitrogens with one attached hydrogen (secondary N) is 1. The molecular formula is C13H19N3O2. The molecule has 18 heavy (non-hydrogen) atoms. The highest BCUT2D eigenvalue weighted by atomic mass is 16.3. The van der Waals surface area contributed by atoms with E-state index in [0.29, 0.717) is 13.0 Å². The lowest BCUT2D eigenvalue weighted by Crippen LogP contribution is -2.46. The van der Waals surface area contributed by atoms with E-state index < -0.39 is 6.23 Å². The van der Waals surface area contributed by atoms with Gasteiger partial charge in [0.1, 0.15) is 0 Å². The molecular weight excluding hydrogens is 230 g/mol. The van der Waals surface area contributed by atoms with E-state index in [1.165, 1.54) is 0 Å². The second-order valence-corrected chi connectivity index (χ2v) is 4.48. The van der Waals surface area contributed by atoms with Crippen molar-refractivity contribution in [1.82, 2.24) is 15.2 Å². The number of nitrogens with zero attached hydrogens (tertiary/aromatic N) is 2. The molecule has 0 bridgehead atoms. The molecule has 1 aromatic rings. The van der Waals surface area contributed by atoms with Crippen LogP contribution in [0.2, 0.25) is 0 Å². The van der Waals surface area contributed by atoms with Gasteiger partial charge in [0, 0.05) is 37.9 Å². The minimum absolute atomic E-state index is 0.312. The highest BCUT2D eigenvalue weighted by Crippen LogP contribution is 2.10. The maximum absolute atomic E-state index is 11.7. The number of carbonyl (C=O) groups is 1. The summed E-state index contributed by atoms with van der Waals surface area (Å²) in [4.78, 5) is 17.7. The first-order chi connectivity index (χ1) is 8.77. The van der Waals surface area contributed by atoms with E-state index in [4.69, 9.17) is 0 Å². The lowest BCUT2D eigenvalue weighted by atomic mass is 10.2. The first-order valence-electron chi connectivity index (χ1n) is 6.37. The van der Waals surface area contributed by atoms with Crippen molar-refractivity contribution in [3.63, 3.8) is 0 Å². The van der Waals surface area contributed by atoms with Gasteiger partial charge >= 0.3 is 0 Å². The molecule has 1 unspecified atom stereocenters. The number of hydrogen-bond donors (Lipinski definition) is 2. The minimum atomic E-state index is -1.00. The van der Waals surface area contributed by atoms with Gasteiger partial charge in [-0.2, -0.15) is 0 Å². The van der Waals surface area contributed by atoms with Crippen molar-refractivity contribution in [1.29, 1.82) is 0 Å². The summed E-state index contributed by atoms with van der Waals surface area (Å²) in [5.41, 5.74) is 0.938. The Kier molecular flexibility index (Phi) is 4.66. The molecule has 0 spiro atoms. The van der Waals surface area contributed by atoms with Gasteiger partial charge in [0.2, 0.25) is 0 Å². The van der Waals surface area contributed by atoms with E-state index in [1.807, 2.05) is 18.2 Å². The number of rotatable bonds is 5. The van der Waals surface area contributed by atoms with Crippen molar-refractivity contribution in [3.05, 3.63) is 30.1 Å². The molecule has 2 rings (SSSR count). The molecule has 0 saturated carbocycles.